The van der Waals surface area contributed by atoms with Crippen LogP contribution in [0.5, 0.6) is 11.5 Å². The Kier molecular flexibility index (Phi) is 12.2. The Balaban J connectivity index is 0.000000590. The summed E-state index contributed by atoms with van der Waals surface area (Å²) in [4.78, 5) is 11.4. The molecule has 0 atom stereocenters. The van der Waals surface area contributed by atoms with E-state index >= 15 is 0 Å². The molecule has 0 bridgehead atoms. The lowest BCUT2D eigenvalue weighted by atomic mass is 9.99. The molecule has 146 valence electrons. The van der Waals surface area contributed by atoms with Crippen molar-refractivity contribution in [3.8, 4) is 11.5 Å². The molecule has 1 aromatic rings. The van der Waals surface area contributed by atoms with E-state index in [1.807, 2.05) is 13.8 Å². The highest BCUT2D eigenvalue weighted by Crippen LogP contribution is 2.26. The molecule has 0 saturated carbocycles. The number of carbonyl (C=O) groups is 1. The van der Waals surface area contributed by atoms with Gasteiger partial charge in [0, 0.05) is 5.92 Å². The minimum absolute atomic E-state index is 0.0533. The number of benzene rings is 1. The molecule has 0 N–H and O–H groups in total. The van der Waals surface area contributed by atoms with Crippen LogP contribution in [0.4, 0.5) is 0 Å². The second kappa shape index (κ2) is 13.2. The molecular formula is C23H36O3. The molecule has 0 fully saturated rings. The lowest BCUT2D eigenvalue weighted by Crippen LogP contribution is -2.03. The first-order valence-corrected chi connectivity index (χ1v) is 9.48. The maximum atomic E-state index is 11.4. The van der Waals surface area contributed by atoms with Crippen LogP contribution < -0.4 is 9.47 Å². The average molecular weight is 361 g/mol. The molecule has 0 saturated heterocycles. The quantitative estimate of drug-likeness (QED) is 0.260. The fourth-order valence-corrected chi connectivity index (χ4v) is 2.42. The molecule has 26 heavy (non-hydrogen) atoms. The molecule has 0 unspecified atom stereocenters. The highest BCUT2D eigenvalue weighted by molar-refractivity contribution is 5.97. The number of hydrogen-bond acceptors (Lipinski definition) is 3. The third kappa shape index (κ3) is 8.89. The zero-order valence-electron chi connectivity index (χ0n) is 17.4. The van der Waals surface area contributed by atoms with E-state index in [0.29, 0.717) is 22.8 Å². The van der Waals surface area contributed by atoms with E-state index in [-0.39, 0.29) is 11.7 Å². The van der Waals surface area contributed by atoms with Crippen molar-refractivity contribution in [2.24, 2.45) is 11.8 Å². The van der Waals surface area contributed by atoms with Crippen molar-refractivity contribution in [3.63, 3.8) is 0 Å². The number of ketones is 1. The zero-order chi connectivity index (χ0) is 20.1. The van der Waals surface area contributed by atoms with Gasteiger partial charge in [-0.05, 0) is 43.9 Å². The fraction of sp³-hybridized carbons (Fsp3) is 0.522. The van der Waals surface area contributed by atoms with Crippen molar-refractivity contribution in [1.82, 2.24) is 0 Å². The average Bonchev–Trinajstić information content (AvgIpc) is 2.61. The van der Waals surface area contributed by atoms with E-state index in [4.69, 9.17) is 9.47 Å². The standard InChI is InChI=1S/C14H18O3.C9H18/c1-9(2)11(4)17-12-6-7-14(16-5)13(8-12)10(3)15;1-4-7-9(6-3)8-5-2/h6-9H,4H2,1-3,5H3;6,9H,3-5,7-8H2,1-2H3. The Morgan fingerprint density at radius 3 is 2.15 bits per heavy atom. The first-order valence-electron chi connectivity index (χ1n) is 9.48. The molecule has 3 nitrogen and oxygen atoms in total. The molecule has 3 heteroatoms. The van der Waals surface area contributed by atoms with Gasteiger partial charge in [-0.3, -0.25) is 4.79 Å². The summed E-state index contributed by atoms with van der Waals surface area (Å²) in [6.07, 6.45) is 7.30. The molecule has 0 amide bonds. The minimum atomic E-state index is -0.0533. The van der Waals surface area contributed by atoms with Crippen LogP contribution in [0.25, 0.3) is 0 Å². The van der Waals surface area contributed by atoms with Crippen molar-refractivity contribution >= 4 is 5.78 Å². The topological polar surface area (TPSA) is 35.5 Å². The van der Waals surface area contributed by atoms with Gasteiger partial charge in [0.15, 0.2) is 5.78 Å². The number of allylic oxidation sites excluding steroid dienone is 2. The molecule has 1 aromatic carbocycles. The van der Waals surface area contributed by atoms with Gasteiger partial charge < -0.3 is 9.47 Å². The highest BCUT2D eigenvalue weighted by atomic mass is 16.5. The third-order valence-corrected chi connectivity index (χ3v) is 4.10. The molecular weight excluding hydrogens is 324 g/mol. The van der Waals surface area contributed by atoms with Gasteiger partial charge in [-0.2, -0.15) is 0 Å². The molecule has 0 radical (unpaired) electrons. The van der Waals surface area contributed by atoms with Crippen molar-refractivity contribution in [3.05, 3.63) is 48.8 Å². The maximum absolute atomic E-state index is 11.4. The summed E-state index contributed by atoms with van der Waals surface area (Å²) in [6.45, 7) is 17.6. The third-order valence-electron chi connectivity index (χ3n) is 4.10. The molecule has 1 rings (SSSR count). The minimum Gasteiger partial charge on any atom is -0.496 e. The van der Waals surface area contributed by atoms with E-state index in [1.165, 1.54) is 39.7 Å². The fourth-order valence-electron chi connectivity index (χ4n) is 2.42. The summed E-state index contributed by atoms with van der Waals surface area (Å²) < 4.78 is 10.7. The van der Waals surface area contributed by atoms with Gasteiger partial charge in [0.25, 0.3) is 0 Å². The first kappa shape index (κ1) is 24.0. The van der Waals surface area contributed by atoms with Gasteiger partial charge in [-0.1, -0.05) is 53.2 Å². The molecule has 0 heterocycles. The van der Waals surface area contributed by atoms with Gasteiger partial charge in [-0.25, -0.2) is 0 Å². The molecule has 0 aromatic heterocycles. The van der Waals surface area contributed by atoms with Gasteiger partial charge in [0.2, 0.25) is 0 Å². The molecule has 0 spiro atoms. The van der Waals surface area contributed by atoms with E-state index in [9.17, 15) is 4.79 Å². The Morgan fingerprint density at radius 1 is 1.19 bits per heavy atom. The zero-order valence-corrected chi connectivity index (χ0v) is 17.4. The number of ether oxygens (including phenoxy) is 2. The highest BCUT2D eigenvalue weighted by Gasteiger charge is 2.11. The number of rotatable bonds is 10. The number of hydrogen-bond donors (Lipinski definition) is 0. The summed E-state index contributed by atoms with van der Waals surface area (Å²) in [7, 11) is 1.54. The Hall–Kier alpha value is -2.03. The molecule has 0 aliphatic carbocycles. The lowest BCUT2D eigenvalue weighted by Gasteiger charge is -2.13. The summed E-state index contributed by atoms with van der Waals surface area (Å²) in [5.41, 5.74) is 0.515. The molecule has 0 aliphatic heterocycles. The smallest absolute Gasteiger partial charge is 0.163 e. The van der Waals surface area contributed by atoms with Crippen LogP contribution in [0.1, 0.15) is 70.7 Å². The van der Waals surface area contributed by atoms with Gasteiger partial charge in [-0.15, -0.1) is 6.58 Å². The summed E-state index contributed by atoms with van der Waals surface area (Å²) in [5.74, 6) is 2.79. The van der Waals surface area contributed by atoms with Crippen LogP contribution in [-0.4, -0.2) is 12.9 Å². The Labute approximate surface area is 160 Å². The number of methoxy groups -OCH3 is 1. The van der Waals surface area contributed by atoms with Crippen molar-refractivity contribution < 1.29 is 14.3 Å². The van der Waals surface area contributed by atoms with E-state index in [0.717, 1.165) is 5.92 Å². The predicted molar refractivity (Wildman–Crippen MR) is 111 cm³/mol. The summed E-state index contributed by atoms with van der Waals surface area (Å²) >= 11 is 0. The number of carbonyl (C=O) groups excluding carboxylic acids is 1. The maximum Gasteiger partial charge on any atom is 0.163 e. The lowest BCUT2D eigenvalue weighted by molar-refractivity contribution is 0.101. The Morgan fingerprint density at radius 2 is 1.77 bits per heavy atom. The van der Waals surface area contributed by atoms with E-state index < -0.39 is 0 Å². The van der Waals surface area contributed by atoms with Crippen molar-refractivity contribution in [1.29, 1.82) is 0 Å². The summed E-state index contributed by atoms with van der Waals surface area (Å²) in [5, 5.41) is 0. The van der Waals surface area contributed by atoms with Crippen LogP contribution in [0, 0.1) is 11.8 Å². The molecule has 0 aliphatic rings. The van der Waals surface area contributed by atoms with Crippen LogP contribution >= 0.6 is 0 Å². The van der Waals surface area contributed by atoms with Gasteiger partial charge >= 0.3 is 0 Å². The Bertz CT molecular complexity index is 567. The SMILES string of the molecule is C=C(Oc1ccc(OC)c(C(C)=O)c1)C(C)C.C=CC(CCC)CCC. The van der Waals surface area contributed by atoms with Gasteiger partial charge in [0.05, 0.1) is 18.4 Å². The monoisotopic (exact) mass is 360 g/mol. The summed E-state index contributed by atoms with van der Waals surface area (Å²) in [6, 6.07) is 5.16. The second-order valence-electron chi connectivity index (χ2n) is 6.71. The van der Waals surface area contributed by atoms with E-state index in [1.54, 1.807) is 18.2 Å². The van der Waals surface area contributed by atoms with Crippen molar-refractivity contribution in [2.45, 2.75) is 60.3 Å². The number of Topliss-reactive ketones (excluding diaryl/α,β-unsaturated/α-hetero) is 1. The first-order chi connectivity index (χ1) is 12.3. The van der Waals surface area contributed by atoms with Crippen molar-refractivity contribution in [2.75, 3.05) is 7.11 Å². The van der Waals surface area contributed by atoms with Crippen LogP contribution in [0.2, 0.25) is 0 Å². The van der Waals surface area contributed by atoms with Crippen LogP contribution in [0.15, 0.2) is 43.2 Å². The van der Waals surface area contributed by atoms with E-state index in [2.05, 4.69) is 33.1 Å². The normalized spacial score (nSPS) is 10.2. The predicted octanol–water partition coefficient (Wildman–Crippen LogP) is 6.84. The van der Waals surface area contributed by atoms with Crippen LogP contribution in [-0.2, 0) is 0 Å². The van der Waals surface area contributed by atoms with Gasteiger partial charge in [0.1, 0.15) is 11.5 Å². The second-order valence-corrected chi connectivity index (χ2v) is 6.71. The largest absolute Gasteiger partial charge is 0.496 e. The van der Waals surface area contributed by atoms with Crippen LogP contribution in [0.3, 0.4) is 0 Å².